The SMILES string of the molecule is CCc1cc(Br)cc(C)c1NC(=O)CN(Cc1ccccc1)S(C)(=O)=O. The molecule has 140 valence electrons. The summed E-state index contributed by atoms with van der Waals surface area (Å²) in [6, 6.07) is 13.1. The van der Waals surface area contributed by atoms with Crippen molar-refractivity contribution in [2.45, 2.75) is 26.8 Å². The van der Waals surface area contributed by atoms with Gasteiger partial charge in [-0.25, -0.2) is 8.42 Å². The van der Waals surface area contributed by atoms with Crippen LogP contribution in [0.3, 0.4) is 0 Å². The van der Waals surface area contributed by atoms with Gasteiger partial charge in [0, 0.05) is 16.7 Å². The van der Waals surface area contributed by atoms with Crippen molar-refractivity contribution < 1.29 is 13.2 Å². The summed E-state index contributed by atoms with van der Waals surface area (Å²) in [5.41, 5.74) is 3.51. The van der Waals surface area contributed by atoms with Gasteiger partial charge in [-0.3, -0.25) is 4.79 Å². The van der Waals surface area contributed by atoms with Crippen molar-refractivity contribution in [3.05, 3.63) is 63.6 Å². The number of amides is 1. The summed E-state index contributed by atoms with van der Waals surface area (Å²) in [5, 5.41) is 2.88. The smallest absolute Gasteiger partial charge is 0.239 e. The second-order valence-electron chi connectivity index (χ2n) is 6.18. The molecule has 26 heavy (non-hydrogen) atoms. The number of carbonyl (C=O) groups is 1. The van der Waals surface area contributed by atoms with E-state index in [0.717, 1.165) is 39.5 Å². The van der Waals surface area contributed by atoms with Gasteiger partial charge in [0.05, 0.1) is 12.8 Å². The Morgan fingerprint density at radius 2 is 1.85 bits per heavy atom. The Morgan fingerprint density at radius 1 is 1.19 bits per heavy atom. The summed E-state index contributed by atoms with van der Waals surface area (Å²) >= 11 is 3.46. The lowest BCUT2D eigenvalue weighted by molar-refractivity contribution is -0.116. The minimum atomic E-state index is -3.52. The van der Waals surface area contributed by atoms with Crippen molar-refractivity contribution in [2.75, 3.05) is 18.1 Å². The third kappa shape index (κ3) is 5.65. The van der Waals surface area contributed by atoms with Crippen molar-refractivity contribution >= 4 is 37.5 Å². The highest BCUT2D eigenvalue weighted by molar-refractivity contribution is 9.10. The zero-order valence-corrected chi connectivity index (χ0v) is 17.5. The van der Waals surface area contributed by atoms with E-state index < -0.39 is 10.0 Å². The molecule has 0 aliphatic carbocycles. The highest BCUT2D eigenvalue weighted by Gasteiger charge is 2.21. The van der Waals surface area contributed by atoms with Gasteiger partial charge in [-0.15, -0.1) is 0 Å². The Bertz CT molecular complexity index is 883. The fourth-order valence-electron chi connectivity index (χ4n) is 2.69. The number of benzene rings is 2. The van der Waals surface area contributed by atoms with Gasteiger partial charge in [-0.2, -0.15) is 4.31 Å². The molecule has 0 radical (unpaired) electrons. The number of rotatable bonds is 7. The van der Waals surface area contributed by atoms with Crippen LogP contribution in [0.25, 0.3) is 0 Å². The molecule has 1 N–H and O–H groups in total. The second kappa shape index (κ2) is 8.79. The van der Waals surface area contributed by atoms with E-state index in [1.54, 1.807) is 0 Å². The van der Waals surface area contributed by atoms with E-state index in [9.17, 15) is 13.2 Å². The fourth-order valence-corrected chi connectivity index (χ4v) is 4.04. The Kier molecular flexibility index (Phi) is 6.97. The maximum Gasteiger partial charge on any atom is 0.239 e. The summed E-state index contributed by atoms with van der Waals surface area (Å²) in [7, 11) is -3.52. The van der Waals surface area contributed by atoms with Crippen molar-refractivity contribution in [1.82, 2.24) is 4.31 Å². The van der Waals surface area contributed by atoms with Gasteiger partial charge < -0.3 is 5.32 Å². The van der Waals surface area contributed by atoms with Crippen LogP contribution in [0.5, 0.6) is 0 Å². The van der Waals surface area contributed by atoms with Crippen LogP contribution in [-0.4, -0.2) is 31.4 Å². The Labute approximate surface area is 163 Å². The lowest BCUT2D eigenvalue weighted by Crippen LogP contribution is -2.37. The molecule has 2 aromatic rings. The topological polar surface area (TPSA) is 66.5 Å². The number of nitrogens with zero attached hydrogens (tertiary/aromatic N) is 1. The van der Waals surface area contributed by atoms with Crippen LogP contribution in [-0.2, 0) is 27.8 Å². The zero-order valence-electron chi connectivity index (χ0n) is 15.1. The molecule has 0 spiro atoms. The molecule has 0 bridgehead atoms. The molecular formula is C19H23BrN2O3S. The molecule has 0 unspecified atom stereocenters. The van der Waals surface area contributed by atoms with Gasteiger partial charge in [-0.05, 0) is 42.2 Å². The Morgan fingerprint density at radius 3 is 2.42 bits per heavy atom. The first-order valence-corrected chi connectivity index (χ1v) is 10.9. The van der Waals surface area contributed by atoms with E-state index in [1.165, 1.54) is 4.31 Å². The number of nitrogens with one attached hydrogen (secondary N) is 1. The number of sulfonamides is 1. The molecule has 0 saturated heterocycles. The van der Waals surface area contributed by atoms with E-state index in [4.69, 9.17) is 0 Å². The monoisotopic (exact) mass is 438 g/mol. The molecule has 2 rings (SSSR count). The lowest BCUT2D eigenvalue weighted by Gasteiger charge is -2.21. The molecule has 2 aromatic carbocycles. The zero-order chi connectivity index (χ0) is 19.3. The average Bonchev–Trinajstić information content (AvgIpc) is 2.56. The summed E-state index contributed by atoms with van der Waals surface area (Å²) < 4.78 is 26.3. The van der Waals surface area contributed by atoms with Crippen LogP contribution in [0.2, 0.25) is 0 Å². The predicted octanol–water partition coefficient (Wildman–Crippen LogP) is 3.72. The van der Waals surface area contributed by atoms with E-state index in [1.807, 2.05) is 56.3 Å². The standard InChI is InChI=1S/C19H23BrN2O3S/c1-4-16-11-17(20)10-14(2)19(16)21-18(23)13-22(26(3,24)25)12-15-8-6-5-7-9-15/h5-11H,4,12-13H2,1-3H3,(H,21,23). The summed E-state index contributed by atoms with van der Waals surface area (Å²) in [5.74, 6) is -0.355. The van der Waals surface area contributed by atoms with Gasteiger partial charge >= 0.3 is 0 Å². The third-order valence-corrected chi connectivity index (χ3v) is 5.67. The molecule has 0 fully saturated rings. The Hall–Kier alpha value is -1.70. The maximum absolute atomic E-state index is 12.5. The molecule has 7 heteroatoms. The van der Waals surface area contributed by atoms with Crippen molar-refractivity contribution in [1.29, 1.82) is 0 Å². The summed E-state index contributed by atoms with van der Waals surface area (Å²) in [4.78, 5) is 12.5. The number of hydrogen-bond donors (Lipinski definition) is 1. The quantitative estimate of drug-likeness (QED) is 0.715. The highest BCUT2D eigenvalue weighted by Crippen LogP contribution is 2.26. The first-order valence-electron chi connectivity index (χ1n) is 8.28. The molecule has 0 atom stereocenters. The summed E-state index contributed by atoms with van der Waals surface area (Å²) in [6.07, 6.45) is 1.88. The minimum absolute atomic E-state index is 0.160. The van der Waals surface area contributed by atoms with Crippen LogP contribution in [0.15, 0.2) is 46.9 Å². The molecule has 0 aromatic heterocycles. The predicted molar refractivity (Wildman–Crippen MR) is 109 cm³/mol. The first kappa shape index (κ1) is 20.6. The van der Waals surface area contributed by atoms with Crippen molar-refractivity contribution in [3.63, 3.8) is 0 Å². The first-order chi connectivity index (χ1) is 12.2. The Balaban J connectivity index is 2.18. The number of anilines is 1. The van der Waals surface area contributed by atoms with Crippen LogP contribution in [0, 0.1) is 6.92 Å². The normalized spacial score (nSPS) is 11.6. The minimum Gasteiger partial charge on any atom is -0.324 e. The highest BCUT2D eigenvalue weighted by atomic mass is 79.9. The van der Waals surface area contributed by atoms with E-state index >= 15 is 0 Å². The van der Waals surface area contributed by atoms with Gasteiger partial charge in [0.2, 0.25) is 15.9 Å². The molecule has 5 nitrogen and oxygen atoms in total. The van der Waals surface area contributed by atoms with Crippen molar-refractivity contribution in [3.8, 4) is 0 Å². The van der Waals surface area contributed by atoms with Gasteiger partial charge in [0.15, 0.2) is 0 Å². The van der Waals surface area contributed by atoms with Crippen LogP contribution in [0.1, 0.15) is 23.6 Å². The number of hydrogen-bond acceptors (Lipinski definition) is 3. The van der Waals surface area contributed by atoms with Gasteiger partial charge in [0.25, 0.3) is 0 Å². The summed E-state index contributed by atoms with van der Waals surface area (Å²) in [6.45, 7) is 3.85. The second-order valence-corrected chi connectivity index (χ2v) is 9.07. The van der Waals surface area contributed by atoms with Gasteiger partial charge in [-0.1, -0.05) is 53.2 Å². The molecule has 1 amide bonds. The molecule has 0 aliphatic rings. The van der Waals surface area contributed by atoms with Crippen LogP contribution < -0.4 is 5.32 Å². The molecule has 0 heterocycles. The number of aryl methyl sites for hydroxylation is 2. The van der Waals surface area contributed by atoms with Crippen molar-refractivity contribution in [2.24, 2.45) is 0 Å². The number of halogens is 1. The molecule has 0 aliphatic heterocycles. The maximum atomic E-state index is 12.5. The lowest BCUT2D eigenvalue weighted by atomic mass is 10.1. The van der Waals surface area contributed by atoms with E-state index in [2.05, 4.69) is 21.2 Å². The van der Waals surface area contributed by atoms with E-state index in [0.29, 0.717) is 0 Å². The third-order valence-electron chi connectivity index (χ3n) is 4.02. The molecule has 0 saturated carbocycles. The molecular weight excluding hydrogens is 416 g/mol. The number of carbonyl (C=O) groups excluding carboxylic acids is 1. The van der Waals surface area contributed by atoms with Crippen LogP contribution in [0.4, 0.5) is 5.69 Å². The largest absolute Gasteiger partial charge is 0.324 e. The van der Waals surface area contributed by atoms with Crippen LogP contribution >= 0.6 is 15.9 Å². The van der Waals surface area contributed by atoms with Gasteiger partial charge in [0.1, 0.15) is 0 Å². The fraction of sp³-hybridized carbons (Fsp3) is 0.316. The van der Waals surface area contributed by atoms with E-state index in [-0.39, 0.29) is 19.0 Å². The average molecular weight is 439 g/mol.